The SMILES string of the molecule is [C-]#[N+]C[C@H]1CN(c2nc(OC[C@@H]3CCCN3C)nc3c2CCN(c2cccc4cccc(F)c24)C3)CCN1C(=O)OC(C)(C)C. The number of nitrogens with zero attached hydrogens (tertiary/aromatic N) is 7. The van der Waals surface area contributed by atoms with Crippen molar-refractivity contribution in [2.24, 2.45) is 0 Å². The maximum atomic E-state index is 15.1. The van der Waals surface area contributed by atoms with E-state index in [1.807, 2.05) is 45.0 Å². The van der Waals surface area contributed by atoms with E-state index in [2.05, 4.69) is 26.6 Å². The molecule has 0 radical (unpaired) electrons. The molecule has 0 N–H and O–H groups in total. The molecule has 0 aliphatic carbocycles. The Morgan fingerprint density at radius 2 is 1.87 bits per heavy atom. The summed E-state index contributed by atoms with van der Waals surface area (Å²) >= 11 is 0. The second-order valence-electron chi connectivity index (χ2n) is 13.2. The largest absolute Gasteiger partial charge is 0.462 e. The van der Waals surface area contributed by atoms with Crippen LogP contribution in [-0.4, -0.2) is 96.5 Å². The summed E-state index contributed by atoms with van der Waals surface area (Å²) in [4.78, 5) is 34.9. The molecule has 2 fully saturated rings. The highest BCUT2D eigenvalue weighted by Crippen LogP contribution is 2.36. The lowest BCUT2D eigenvalue weighted by molar-refractivity contribution is 0.0155. The summed E-state index contributed by atoms with van der Waals surface area (Å²) in [6.45, 7) is 17.4. The number of halogens is 1. The number of carbonyl (C=O) groups is 1. The van der Waals surface area contributed by atoms with Gasteiger partial charge in [0, 0.05) is 48.9 Å². The Balaban J connectivity index is 1.32. The zero-order chi connectivity index (χ0) is 31.7. The number of carbonyl (C=O) groups excluding carboxylic acids is 1. The first-order valence-electron chi connectivity index (χ1n) is 15.8. The summed E-state index contributed by atoms with van der Waals surface area (Å²) in [5, 5.41) is 1.47. The molecule has 6 rings (SSSR count). The fraction of sp³-hybridized carbons (Fsp3) is 0.529. The van der Waals surface area contributed by atoms with E-state index >= 15 is 4.39 Å². The number of aromatic nitrogens is 2. The van der Waals surface area contributed by atoms with Gasteiger partial charge in [-0.1, -0.05) is 24.3 Å². The van der Waals surface area contributed by atoms with Crippen LogP contribution in [0.1, 0.15) is 44.9 Å². The fourth-order valence-electron chi connectivity index (χ4n) is 6.69. The number of ether oxygens (including phenoxy) is 2. The number of amides is 1. The van der Waals surface area contributed by atoms with E-state index in [0.29, 0.717) is 63.2 Å². The summed E-state index contributed by atoms with van der Waals surface area (Å²) in [6, 6.07) is 11.3. The molecular formula is C34H42FN7O3. The minimum atomic E-state index is -0.624. The van der Waals surface area contributed by atoms with Crippen molar-refractivity contribution >= 4 is 28.4 Å². The lowest BCUT2D eigenvalue weighted by Crippen LogP contribution is -2.57. The number of hydrogen-bond acceptors (Lipinski definition) is 8. The Bertz CT molecular complexity index is 1600. The Morgan fingerprint density at radius 1 is 1.07 bits per heavy atom. The lowest BCUT2D eigenvalue weighted by Gasteiger charge is -2.41. The third kappa shape index (κ3) is 6.61. The first kappa shape index (κ1) is 30.8. The molecule has 45 heavy (non-hydrogen) atoms. The number of hydrogen-bond donors (Lipinski definition) is 0. The van der Waals surface area contributed by atoms with Gasteiger partial charge in [-0.2, -0.15) is 9.97 Å². The summed E-state index contributed by atoms with van der Waals surface area (Å²) in [5.74, 6) is 0.549. The summed E-state index contributed by atoms with van der Waals surface area (Å²) in [7, 11) is 2.11. The predicted octanol–water partition coefficient (Wildman–Crippen LogP) is 5.15. The van der Waals surface area contributed by atoms with Gasteiger partial charge in [-0.05, 0) is 71.1 Å². The van der Waals surface area contributed by atoms with E-state index in [4.69, 9.17) is 26.0 Å². The second kappa shape index (κ2) is 12.7. The van der Waals surface area contributed by atoms with Crippen molar-refractivity contribution in [1.82, 2.24) is 19.8 Å². The number of anilines is 2. The normalized spacial score (nSPS) is 20.7. The van der Waals surface area contributed by atoms with Crippen LogP contribution in [0, 0.1) is 12.4 Å². The fourth-order valence-corrected chi connectivity index (χ4v) is 6.69. The molecule has 11 heteroatoms. The smallest absolute Gasteiger partial charge is 0.410 e. The molecule has 4 heterocycles. The maximum absolute atomic E-state index is 15.1. The molecule has 0 bridgehead atoms. The highest BCUT2D eigenvalue weighted by Gasteiger charge is 2.37. The number of likely N-dealkylation sites (tertiary alicyclic amines) is 1. The van der Waals surface area contributed by atoms with Gasteiger partial charge in [0.1, 0.15) is 29.9 Å². The molecule has 238 valence electrons. The van der Waals surface area contributed by atoms with Gasteiger partial charge in [-0.25, -0.2) is 15.8 Å². The molecule has 2 saturated heterocycles. The summed E-state index contributed by atoms with van der Waals surface area (Å²) in [6.07, 6.45) is 2.48. The molecule has 3 aliphatic heterocycles. The molecule has 0 saturated carbocycles. The summed E-state index contributed by atoms with van der Waals surface area (Å²) in [5.41, 5.74) is 2.10. The van der Waals surface area contributed by atoms with E-state index < -0.39 is 11.7 Å². The topological polar surface area (TPSA) is 78.6 Å². The Morgan fingerprint density at radius 3 is 2.60 bits per heavy atom. The van der Waals surface area contributed by atoms with E-state index in [1.54, 1.807) is 11.0 Å². The lowest BCUT2D eigenvalue weighted by atomic mass is 10.0. The first-order chi connectivity index (χ1) is 21.6. The molecule has 10 nitrogen and oxygen atoms in total. The number of benzene rings is 2. The highest BCUT2D eigenvalue weighted by atomic mass is 19.1. The van der Waals surface area contributed by atoms with Gasteiger partial charge in [0.25, 0.3) is 0 Å². The molecule has 1 aromatic heterocycles. The van der Waals surface area contributed by atoms with Gasteiger partial charge >= 0.3 is 12.1 Å². The van der Waals surface area contributed by atoms with Crippen molar-refractivity contribution in [3.05, 3.63) is 64.9 Å². The molecule has 0 spiro atoms. The third-order valence-electron chi connectivity index (χ3n) is 8.98. The Labute approximate surface area is 264 Å². The molecule has 1 amide bonds. The van der Waals surface area contributed by atoms with Gasteiger partial charge in [0.05, 0.1) is 12.2 Å². The van der Waals surface area contributed by atoms with Crippen molar-refractivity contribution in [3.63, 3.8) is 0 Å². The molecule has 2 aromatic carbocycles. The van der Waals surface area contributed by atoms with Gasteiger partial charge < -0.3 is 29.0 Å². The standard InChI is InChI=1S/C34H42FN7O3/c1-34(2,3)45-33(43)42-18-17-41(20-25(42)19-36-4)31-26-14-16-40(29-13-7-10-23-9-6-12-27(35)30(23)29)21-28(26)37-32(38-31)44-22-24-11-8-15-39(24)5/h6-7,9-10,12-13,24-25H,8,11,14-22H2,1-3,5H3/t24-,25-/m0/s1. The minimum absolute atomic E-state index is 0.167. The van der Waals surface area contributed by atoms with E-state index in [0.717, 1.165) is 47.5 Å². The second-order valence-corrected chi connectivity index (χ2v) is 13.2. The minimum Gasteiger partial charge on any atom is -0.462 e. The van der Waals surface area contributed by atoms with Crippen molar-refractivity contribution in [2.75, 3.05) is 62.7 Å². The van der Waals surface area contributed by atoms with Crippen LogP contribution in [0.3, 0.4) is 0 Å². The van der Waals surface area contributed by atoms with Crippen LogP contribution in [-0.2, 0) is 17.7 Å². The zero-order valence-corrected chi connectivity index (χ0v) is 26.6. The van der Waals surface area contributed by atoms with Crippen molar-refractivity contribution in [3.8, 4) is 6.01 Å². The zero-order valence-electron chi connectivity index (χ0n) is 26.6. The van der Waals surface area contributed by atoms with Crippen molar-refractivity contribution in [1.29, 1.82) is 0 Å². The van der Waals surface area contributed by atoms with Gasteiger partial charge in [-0.3, -0.25) is 4.90 Å². The van der Waals surface area contributed by atoms with Crippen LogP contribution >= 0.6 is 0 Å². The molecular weight excluding hydrogens is 573 g/mol. The summed E-state index contributed by atoms with van der Waals surface area (Å²) < 4.78 is 27.0. The predicted molar refractivity (Wildman–Crippen MR) is 172 cm³/mol. The molecule has 0 unspecified atom stereocenters. The van der Waals surface area contributed by atoms with E-state index in [-0.39, 0.29) is 18.4 Å². The highest BCUT2D eigenvalue weighted by molar-refractivity contribution is 5.95. The van der Waals surface area contributed by atoms with Gasteiger partial charge in [-0.15, -0.1) is 0 Å². The Hall–Kier alpha value is -4.17. The van der Waals surface area contributed by atoms with Crippen LogP contribution < -0.4 is 14.5 Å². The number of fused-ring (bicyclic) bond motifs is 2. The third-order valence-corrected chi connectivity index (χ3v) is 8.98. The molecule has 3 aromatic rings. The van der Waals surface area contributed by atoms with Crippen LogP contribution in [0.15, 0.2) is 36.4 Å². The number of rotatable bonds is 6. The number of piperazine rings is 1. The quantitative estimate of drug-likeness (QED) is 0.353. The molecule has 3 aliphatic rings. The van der Waals surface area contributed by atoms with Crippen LogP contribution in [0.25, 0.3) is 15.6 Å². The number of likely N-dealkylation sites (N-methyl/N-ethyl adjacent to an activating group) is 1. The van der Waals surface area contributed by atoms with E-state index in [1.165, 1.54) is 6.07 Å². The average molecular weight is 616 g/mol. The van der Waals surface area contributed by atoms with E-state index in [9.17, 15) is 4.79 Å². The van der Waals surface area contributed by atoms with Gasteiger partial charge in [0.15, 0.2) is 0 Å². The van der Waals surface area contributed by atoms with Gasteiger partial charge in [0.2, 0.25) is 6.54 Å². The Kier molecular flexibility index (Phi) is 8.69. The first-order valence-corrected chi connectivity index (χ1v) is 15.8. The van der Waals surface area contributed by atoms with Crippen LogP contribution in [0.4, 0.5) is 20.7 Å². The van der Waals surface area contributed by atoms with Crippen molar-refractivity contribution in [2.45, 2.75) is 64.3 Å². The maximum Gasteiger partial charge on any atom is 0.410 e. The monoisotopic (exact) mass is 615 g/mol. The van der Waals surface area contributed by atoms with Crippen molar-refractivity contribution < 1.29 is 18.7 Å². The van der Waals surface area contributed by atoms with Crippen LogP contribution in [0.2, 0.25) is 0 Å². The van der Waals surface area contributed by atoms with Crippen LogP contribution in [0.5, 0.6) is 6.01 Å². The molecule has 2 atom stereocenters. The average Bonchev–Trinajstić information content (AvgIpc) is 3.42.